The minimum Gasteiger partial charge on any atom is -0.478 e. The Morgan fingerprint density at radius 1 is 1.20 bits per heavy atom. The molecule has 1 aromatic carbocycles. The molecular formula is C13H12O2. The molecule has 0 spiro atoms. The molecule has 0 aromatic heterocycles. The second-order valence-electron chi connectivity index (χ2n) is 3.54. The van der Waals surface area contributed by atoms with Crippen molar-refractivity contribution < 1.29 is 9.90 Å². The van der Waals surface area contributed by atoms with Gasteiger partial charge in [-0.1, -0.05) is 36.4 Å². The van der Waals surface area contributed by atoms with Crippen LogP contribution in [0.15, 0.2) is 48.1 Å². The highest BCUT2D eigenvalue weighted by Gasteiger charge is 2.16. The molecule has 0 heterocycles. The molecule has 1 aliphatic carbocycles. The van der Waals surface area contributed by atoms with E-state index in [-0.39, 0.29) is 0 Å². The predicted molar refractivity (Wildman–Crippen MR) is 59.4 cm³/mol. The van der Waals surface area contributed by atoms with Gasteiger partial charge in [0.25, 0.3) is 0 Å². The SMILES string of the molecule is O=C(O)C=CC1=C(c2ccccc2)CC1. The zero-order valence-corrected chi connectivity index (χ0v) is 8.31. The molecule has 0 aliphatic heterocycles. The van der Waals surface area contributed by atoms with Gasteiger partial charge in [0.15, 0.2) is 0 Å². The van der Waals surface area contributed by atoms with E-state index in [1.807, 2.05) is 18.2 Å². The largest absolute Gasteiger partial charge is 0.478 e. The fraction of sp³-hybridized carbons (Fsp3) is 0.154. The van der Waals surface area contributed by atoms with Crippen LogP contribution >= 0.6 is 0 Å². The maximum atomic E-state index is 10.4. The average molecular weight is 200 g/mol. The van der Waals surface area contributed by atoms with Gasteiger partial charge in [-0.3, -0.25) is 0 Å². The Morgan fingerprint density at radius 3 is 2.47 bits per heavy atom. The van der Waals surface area contributed by atoms with E-state index in [1.54, 1.807) is 6.08 Å². The quantitative estimate of drug-likeness (QED) is 0.762. The summed E-state index contributed by atoms with van der Waals surface area (Å²) >= 11 is 0. The first-order chi connectivity index (χ1) is 7.27. The average Bonchev–Trinajstić information content (AvgIpc) is 2.17. The molecule has 1 aromatic rings. The minimum absolute atomic E-state index is 0.887. The summed E-state index contributed by atoms with van der Waals surface area (Å²) in [6.07, 6.45) is 4.93. The normalized spacial score (nSPS) is 15.5. The molecule has 0 amide bonds. The number of hydrogen-bond donors (Lipinski definition) is 1. The van der Waals surface area contributed by atoms with Crippen LogP contribution in [-0.2, 0) is 4.79 Å². The summed E-state index contributed by atoms with van der Waals surface area (Å²) in [4.78, 5) is 10.4. The molecule has 2 heteroatoms. The van der Waals surface area contributed by atoms with Crippen molar-refractivity contribution >= 4 is 11.5 Å². The van der Waals surface area contributed by atoms with Crippen LogP contribution in [0.25, 0.3) is 5.57 Å². The Bertz CT molecular complexity index is 427. The van der Waals surface area contributed by atoms with Gasteiger partial charge in [0.1, 0.15) is 0 Å². The second kappa shape index (κ2) is 4.13. The zero-order valence-electron chi connectivity index (χ0n) is 8.31. The van der Waals surface area contributed by atoms with Gasteiger partial charge in [0.05, 0.1) is 0 Å². The third-order valence-corrected chi connectivity index (χ3v) is 2.58. The number of carboxylic acid groups (broad SMARTS) is 1. The highest BCUT2D eigenvalue weighted by atomic mass is 16.4. The van der Waals surface area contributed by atoms with E-state index < -0.39 is 5.97 Å². The molecular weight excluding hydrogens is 188 g/mol. The Hall–Kier alpha value is -1.83. The molecule has 15 heavy (non-hydrogen) atoms. The third-order valence-electron chi connectivity index (χ3n) is 2.58. The van der Waals surface area contributed by atoms with E-state index in [2.05, 4.69) is 12.1 Å². The topological polar surface area (TPSA) is 37.3 Å². The molecule has 0 fully saturated rings. The van der Waals surface area contributed by atoms with Gasteiger partial charge in [-0.05, 0) is 29.6 Å². The molecule has 0 saturated heterocycles. The van der Waals surface area contributed by atoms with Gasteiger partial charge in [-0.15, -0.1) is 0 Å². The lowest BCUT2D eigenvalue weighted by Gasteiger charge is -2.21. The van der Waals surface area contributed by atoms with Gasteiger partial charge in [-0.2, -0.15) is 0 Å². The molecule has 0 bridgehead atoms. The van der Waals surface area contributed by atoms with Crippen LogP contribution in [-0.4, -0.2) is 11.1 Å². The Balaban J connectivity index is 2.24. The summed E-state index contributed by atoms with van der Waals surface area (Å²) in [5.74, 6) is -0.887. The number of carbonyl (C=O) groups is 1. The number of rotatable bonds is 3. The maximum Gasteiger partial charge on any atom is 0.328 e. The summed E-state index contributed by atoms with van der Waals surface area (Å²) in [7, 11) is 0. The van der Waals surface area contributed by atoms with Crippen LogP contribution < -0.4 is 0 Å². The van der Waals surface area contributed by atoms with Crippen LogP contribution in [0, 0.1) is 0 Å². The van der Waals surface area contributed by atoms with Crippen molar-refractivity contribution in [1.29, 1.82) is 0 Å². The predicted octanol–water partition coefficient (Wildman–Crippen LogP) is 2.87. The van der Waals surface area contributed by atoms with Crippen LogP contribution in [0.5, 0.6) is 0 Å². The van der Waals surface area contributed by atoms with Crippen molar-refractivity contribution in [2.75, 3.05) is 0 Å². The van der Waals surface area contributed by atoms with E-state index in [9.17, 15) is 4.79 Å². The van der Waals surface area contributed by atoms with Gasteiger partial charge in [-0.25, -0.2) is 4.79 Å². The standard InChI is InChI=1S/C13H12O2/c14-13(15)9-7-11-6-8-12(11)10-4-2-1-3-5-10/h1-5,7,9H,6,8H2,(H,14,15). The number of carboxylic acids is 1. The van der Waals surface area contributed by atoms with Crippen molar-refractivity contribution in [2.24, 2.45) is 0 Å². The smallest absolute Gasteiger partial charge is 0.328 e. The summed E-state index contributed by atoms with van der Waals surface area (Å²) in [5.41, 5.74) is 3.62. The van der Waals surface area contributed by atoms with Crippen LogP contribution in [0.3, 0.4) is 0 Å². The van der Waals surface area contributed by atoms with Crippen molar-refractivity contribution in [2.45, 2.75) is 12.8 Å². The van der Waals surface area contributed by atoms with Crippen molar-refractivity contribution in [1.82, 2.24) is 0 Å². The van der Waals surface area contributed by atoms with Crippen molar-refractivity contribution in [3.05, 3.63) is 53.6 Å². The first-order valence-electron chi connectivity index (χ1n) is 4.96. The molecule has 0 radical (unpaired) electrons. The number of allylic oxidation sites excluding steroid dienone is 3. The van der Waals surface area contributed by atoms with Crippen molar-refractivity contribution in [3.63, 3.8) is 0 Å². The third kappa shape index (κ3) is 2.15. The molecule has 0 unspecified atom stereocenters. The van der Waals surface area contributed by atoms with Gasteiger partial charge >= 0.3 is 5.97 Å². The molecule has 76 valence electrons. The number of aliphatic carboxylic acids is 1. The molecule has 0 atom stereocenters. The van der Waals surface area contributed by atoms with Crippen LogP contribution in [0.2, 0.25) is 0 Å². The second-order valence-corrected chi connectivity index (χ2v) is 3.54. The van der Waals surface area contributed by atoms with Gasteiger partial charge in [0, 0.05) is 6.08 Å². The highest BCUT2D eigenvalue weighted by Crippen LogP contribution is 2.36. The Kier molecular flexibility index (Phi) is 2.68. The zero-order chi connectivity index (χ0) is 10.7. The first-order valence-corrected chi connectivity index (χ1v) is 4.96. The van der Waals surface area contributed by atoms with E-state index in [0.717, 1.165) is 18.4 Å². The lowest BCUT2D eigenvalue weighted by molar-refractivity contribution is -0.131. The van der Waals surface area contributed by atoms with Gasteiger partial charge in [0.2, 0.25) is 0 Å². The number of hydrogen-bond acceptors (Lipinski definition) is 1. The molecule has 2 rings (SSSR count). The Morgan fingerprint density at radius 2 is 1.93 bits per heavy atom. The summed E-state index contributed by atoms with van der Waals surface area (Å²) in [6.45, 7) is 0. The fourth-order valence-corrected chi connectivity index (χ4v) is 1.72. The van der Waals surface area contributed by atoms with Crippen molar-refractivity contribution in [3.8, 4) is 0 Å². The highest BCUT2D eigenvalue weighted by molar-refractivity contribution is 5.83. The van der Waals surface area contributed by atoms with E-state index in [1.165, 1.54) is 17.2 Å². The Labute approximate surface area is 88.6 Å². The fourth-order valence-electron chi connectivity index (χ4n) is 1.72. The minimum atomic E-state index is -0.887. The lowest BCUT2D eigenvalue weighted by atomic mass is 9.83. The van der Waals surface area contributed by atoms with Crippen LogP contribution in [0.4, 0.5) is 0 Å². The maximum absolute atomic E-state index is 10.4. The lowest BCUT2D eigenvalue weighted by Crippen LogP contribution is -2.01. The number of benzene rings is 1. The summed E-state index contributed by atoms with van der Waals surface area (Å²) in [5, 5.41) is 8.53. The summed E-state index contributed by atoms with van der Waals surface area (Å²) in [6, 6.07) is 10.1. The first kappa shape index (κ1) is 9.71. The van der Waals surface area contributed by atoms with E-state index >= 15 is 0 Å². The monoisotopic (exact) mass is 200 g/mol. The summed E-state index contributed by atoms with van der Waals surface area (Å²) < 4.78 is 0. The molecule has 1 aliphatic rings. The molecule has 0 saturated carbocycles. The molecule has 2 nitrogen and oxygen atoms in total. The molecule has 1 N–H and O–H groups in total. The van der Waals surface area contributed by atoms with Gasteiger partial charge < -0.3 is 5.11 Å². The van der Waals surface area contributed by atoms with E-state index in [0.29, 0.717) is 0 Å². The van der Waals surface area contributed by atoms with E-state index in [4.69, 9.17) is 5.11 Å². The van der Waals surface area contributed by atoms with Crippen LogP contribution in [0.1, 0.15) is 18.4 Å².